The highest BCUT2D eigenvalue weighted by Gasteiger charge is 2.18. The molecule has 0 aliphatic rings. The Labute approximate surface area is 136 Å². The molecule has 112 valence electrons. The Morgan fingerprint density at radius 3 is 2.57 bits per heavy atom. The lowest BCUT2D eigenvalue weighted by Crippen LogP contribution is -2.13. The van der Waals surface area contributed by atoms with Gasteiger partial charge in [-0.3, -0.25) is 4.72 Å². The van der Waals surface area contributed by atoms with Crippen LogP contribution in [0.5, 0.6) is 5.75 Å². The highest BCUT2D eigenvalue weighted by atomic mass is 79.9. The summed E-state index contributed by atoms with van der Waals surface area (Å²) >= 11 is 9.09. The lowest BCUT2D eigenvalue weighted by molar-refractivity contribution is 0.415. The molecular weight excluding hydrogens is 380 g/mol. The van der Waals surface area contributed by atoms with Gasteiger partial charge in [-0.1, -0.05) is 11.6 Å². The van der Waals surface area contributed by atoms with Gasteiger partial charge in [0.25, 0.3) is 10.0 Å². The van der Waals surface area contributed by atoms with Crippen molar-refractivity contribution in [1.29, 1.82) is 0 Å². The number of hydrogen-bond donors (Lipinski definition) is 2. The molecule has 0 heterocycles. The number of nitrogens with one attached hydrogen (secondary N) is 1. The number of hydrogen-bond acceptors (Lipinski definition) is 4. The smallest absolute Gasteiger partial charge is 0.263 e. The third kappa shape index (κ3) is 3.61. The Balaban J connectivity index is 2.37. The Morgan fingerprint density at radius 2 is 1.95 bits per heavy atom. The number of ether oxygens (including phenoxy) is 1. The van der Waals surface area contributed by atoms with E-state index < -0.39 is 10.0 Å². The van der Waals surface area contributed by atoms with E-state index in [-0.39, 0.29) is 4.90 Å². The minimum absolute atomic E-state index is 0.0885. The third-order valence-electron chi connectivity index (χ3n) is 2.65. The maximum atomic E-state index is 12.4. The lowest BCUT2D eigenvalue weighted by Gasteiger charge is -2.11. The minimum atomic E-state index is -3.75. The van der Waals surface area contributed by atoms with Gasteiger partial charge in [0.15, 0.2) is 0 Å². The van der Waals surface area contributed by atoms with Gasteiger partial charge in [0.05, 0.1) is 17.8 Å². The molecule has 0 bridgehead atoms. The molecule has 0 radical (unpaired) electrons. The molecule has 3 N–H and O–H groups in total. The first-order valence-corrected chi connectivity index (χ1v) is 8.40. The zero-order valence-electron chi connectivity index (χ0n) is 10.9. The Bertz CT molecular complexity index is 781. The molecule has 0 atom stereocenters. The number of nitrogen functional groups attached to an aromatic ring is 1. The molecule has 8 heteroatoms. The standard InChI is InChI=1S/C13H12BrClN2O3S/c1-20-12-7-9(3-4-11(12)15)17-21(18,19)13-5-2-8(16)6-10(13)14/h2-7,17H,16H2,1H3. The maximum Gasteiger partial charge on any atom is 0.263 e. The van der Waals surface area contributed by atoms with Crippen LogP contribution < -0.4 is 15.2 Å². The van der Waals surface area contributed by atoms with Gasteiger partial charge in [-0.25, -0.2) is 8.42 Å². The van der Waals surface area contributed by atoms with Crippen LogP contribution in [0.4, 0.5) is 11.4 Å². The van der Waals surface area contributed by atoms with E-state index in [1.807, 2.05) is 0 Å². The average molecular weight is 392 g/mol. The van der Waals surface area contributed by atoms with Crippen molar-refractivity contribution in [3.63, 3.8) is 0 Å². The molecule has 21 heavy (non-hydrogen) atoms. The normalized spacial score (nSPS) is 11.2. The molecular formula is C13H12BrClN2O3S. The van der Waals surface area contributed by atoms with Crippen LogP contribution in [-0.2, 0) is 10.0 Å². The van der Waals surface area contributed by atoms with E-state index in [4.69, 9.17) is 22.1 Å². The van der Waals surface area contributed by atoms with Crippen LogP contribution in [0, 0.1) is 0 Å². The van der Waals surface area contributed by atoms with Gasteiger partial charge in [-0.15, -0.1) is 0 Å². The molecule has 0 saturated carbocycles. The van der Waals surface area contributed by atoms with Gasteiger partial charge in [0, 0.05) is 16.2 Å². The summed E-state index contributed by atoms with van der Waals surface area (Å²) in [6.07, 6.45) is 0. The fourth-order valence-corrected chi connectivity index (χ4v) is 4.01. The number of benzene rings is 2. The molecule has 0 spiro atoms. The molecule has 2 aromatic carbocycles. The summed E-state index contributed by atoms with van der Waals surface area (Å²) in [6.45, 7) is 0. The van der Waals surface area contributed by atoms with Crippen molar-refractivity contribution >= 4 is 48.9 Å². The molecule has 0 aliphatic heterocycles. The van der Waals surface area contributed by atoms with Crippen LogP contribution in [0.25, 0.3) is 0 Å². The first-order chi connectivity index (χ1) is 9.83. The van der Waals surface area contributed by atoms with Crippen LogP contribution in [-0.4, -0.2) is 15.5 Å². The molecule has 0 aliphatic carbocycles. The second kappa shape index (κ2) is 6.13. The fourth-order valence-electron chi connectivity index (χ4n) is 1.67. The number of rotatable bonds is 4. The second-order valence-corrected chi connectivity index (χ2v) is 7.06. The topological polar surface area (TPSA) is 81.4 Å². The largest absolute Gasteiger partial charge is 0.495 e. The first kappa shape index (κ1) is 15.9. The zero-order valence-corrected chi connectivity index (χ0v) is 14.1. The van der Waals surface area contributed by atoms with Crippen LogP contribution in [0.3, 0.4) is 0 Å². The minimum Gasteiger partial charge on any atom is -0.495 e. The van der Waals surface area contributed by atoms with Crippen molar-refractivity contribution in [2.45, 2.75) is 4.90 Å². The number of nitrogens with two attached hydrogens (primary N) is 1. The number of methoxy groups -OCH3 is 1. The summed E-state index contributed by atoms with van der Waals surface area (Å²) in [5.74, 6) is 0.383. The molecule has 0 unspecified atom stereocenters. The zero-order chi connectivity index (χ0) is 15.6. The molecule has 2 rings (SSSR count). The highest BCUT2D eigenvalue weighted by molar-refractivity contribution is 9.10. The molecule has 5 nitrogen and oxygen atoms in total. The van der Waals surface area contributed by atoms with Crippen LogP contribution >= 0.6 is 27.5 Å². The summed E-state index contributed by atoms with van der Waals surface area (Å²) in [5, 5.41) is 0.397. The molecule has 0 fully saturated rings. The highest BCUT2D eigenvalue weighted by Crippen LogP contribution is 2.30. The van der Waals surface area contributed by atoms with Crippen molar-refractivity contribution in [2.75, 3.05) is 17.6 Å². The van der Waals surface area contributed by atoms with Crippen LogP contribution in [0.1, 0.15) is 0 Å². The Hall–Kier alpha value is -1.44. The predicted molar refractivity (Wildman–Crippen MR) is 87.4 cm³/mol. The molecule has 0 amide bonds. The number of anilines is 2. The van der Waals surface area contributed by atoms with E-state index in [0.717, 1.165) is 0 Å². The van der Waals surface area contributed by atoms with E-state index in [9.17, 15) is 8.42 Å². The molecule has 0 aromatic heterocycles. The first-order valence-electron chi connectivity index (χ1n) is 5.75. The summed E-state index contributed by atoms with van der Waals surface area (Å²) in [6, 6.07) is 9.07. The van der Waals surface area contributed by atoms with Gasteiger partial charge < -0.3 is 10.5 Å². The van der Waals surface area contributed by atoms with E-state index >= 15 is 0 Å². The summed E-state index contributed by atoms with van der Waals surface area (Å²) in [5.41, 5.74) is 6.42. The van der Waals surface area contributed by atoms with Gasteiger partial charge in [0.2, 0.25) is 0 Å². The predicted octanol–water partition coefficient (Wildman–Crippen LogP) is 3.49. The average Bonchev–Trinajstić information content (AvgIpc) is 2.40. The monoisotopic (exact) mass is 390 g/mol. The fraction of sp³-hybridized carbons (Fsp3) is 0.0769. The summed E-state index contributed by atoms with van der Waals surface area (Å²) in [7, 11) is -2.30. The quantitative estimate of drug-likeness (QED) is 0.782. The van der Waals surface area contributed by atoms with Gasteiger partial charge >= 0.3 is 0 Å². The maximum absolute atomic E-state index is 12.4. The van der Waals surface area contributed by atoms with Crippen LogP contribution in [0.15, 0.2) is 45.8 Å². The SMILES string of the molecule is COc1cc(NS(=O)(=O)c2ccc(N)cc2Br)ccc1Cl. The number of sulfonamides is 1. The van der Waals surface area contributed by atoms with Crippen molar-refractivity contribution in [1.82, 2.24) is 0 Å². The van der Waals surface area contributed by atoms with Gasteiger partial charge in [-0.05, 0) is 46.3 Å². The van der Waals surface area contributed by atoms with Crippen molar-refractivity contribution in [3.8, 4) is 5.75 Å². The van der Waals surface area contributed by atoms with E-state index in [1.165, 1.54) is 31.4 Å². The van der Waals surface area contributed by atoms with E-state index in [1.54, 1.807) is 12.1 Å². The summed E-state index contributed by atoms with van der Waals surface area (Å²) < 4.78 is 32.6. The van der Waals surface area contributed by atoms with Crippen molar-refractivity contribution in [2.24, 2.45) is 0 Å². The number of halogens is 2. The van der Waals surface area contributed by atoms with Gasteiger partial charge in [-0.2, -0.15) is 0 Å². The Kier molecular flexibility index (Phi) is 4.65. The van der Waals surface area contributed by atoms with Crippen molar-refractivity contribution < 1.29 is 13.2 Å². The summed E-state index contributed by atoms with van der Waals surface area (Å²) in [4.78, 5) is 0.0885. The third-order valence-corrected chi connectivity index (χ3v) is 5.32. The van der Waals surface area contributed by atoms with Crippen molar-refractivity contribution in [3.05, 3.63) is 45.9 Å². The molecule has 0 saturated heterocycles. The van der Waals surface area contributed by atoms with E-state index in [0.29, 0.717) is 26.6 Å². The second-order valence-electron chi connectivity index (χ2n) is 4.14. The van der Waals surface area contributed by atoms with Crippen LogP contribution in [0.2, 0.25) is 5.02 Å². The lowest BCUT2D eigenvalue weighted by atomic mass is 10.3. The van der Waals surface area contributed by atoms with Gasteiger partial charge in [0.1, 0.15) is 10.6 Å². The molecule has 2 aromatic rings. The Morgan fingerprint density at radius 1 is 1.24 bits per heavy atom. The van der Waals surface area contributed by atoms with E-state index in [2.05, 4.69) is 20.7 Å².